The summed E-state index contributed by atoms with van der Waals surface area (Å²) in [5.74, 6) is -0.247. The van der Waals surface area contributed by atoms with E-state index in [1.807, 2.05) is 39.8 Å². The summed E-state index contributed by atoms with van der Waals surface area (Å²) >= 11 is 12.1. The van der Waals surface area contributed by atoms with Crippen LogP contribution >= 0.6 is 23.2 Å². The summed E-state index contributed by atoms with van der Waals surface area (Å²) in [6, 6.07) is 7.24. The van der Waals surface area contributed by atoms with Gasteiger partial charge in [-0.25, -0.2) is 9.50 Å². The van der Waals surface area contributed by atoms with Crippen LogP contribution in [0.3, 0.4) is 0 Å². The van der Waals surface area contributed by atoms with E-state index in [4.69, 9.17) is 23.2 Å². The van der Waals surface area contributed by atoms with Gasteiger partial charge in [0.15, 0.2) is 5.65 Å². The zero-order valence-electron chi connectivity index (χ0n) is 14.4. The highest BCUT2D eigenvalue weighted by Crippen LogP contribution is 2.29. The van der Waals surface area contributed by atoms with Crippen LogP contribution < -0.4 is 5.32 Å². The van der Waals surface area contributed by atoms with Crippen LogP contribution in [-0.2, 0) is 5.54 Å². The van der Waals surface area contributed by atoms with Gasteiger partial charge in [-0.15, -0.1) is 0 Å². The SMILES string of the molecule is Cc1cc(C)n2ncc(C(=O)NC(C)(C)c3ccc(Cl)c(Cl)c3)c2n1. The fourth-order valence-electron chi connectivity index (χ4n) is 2.74. The largest absolute Gasteiger partial charge is 0.343 e. The number of carbonyl (C=O) groups excluding carboxylic acids is 1. The number of aromatic nitrogens is 3. The van der Waals surface area contributed by atoms with Gasteiger partial charge in [-0.3, -0.25) is 4.79 Å². The van der Waals surface area contributed by atoms with E-state index in [9.17, 15) is 4.79 Å². The van der Waals surface area contributed by atoms with E-state index < -0.39 is 5.54 Å². The van der Waals surface area contributed by atoms with E-state index in [1.165, 1.54) is 6.20 Å². The maximum atomic E-state index is 12.8. The van der Waals surface area contributed by atoms with Gasteiger partial charge in [0.05, 0.1) is 21.8 Å². The molecule has 3 aromatic rings. The van der Waals surface area contributed by atoms with Gasteiger partial charge in [-0.05, 0) is 51.5 Å². The highest BCUT2D eigenvalue weighted by molar-refractivity contribution is 6.42. The molecule has 0 atom stereocenters. The molecule has 0 aliphatic carbocycles. The van der Waals surface area contributed by atoms with Gasteiger partial charge in [-0.2, -0.15) is 5.10 Å². The molecule has 0 aliphatic heterocycles. The molecular formula is C18H18Cl2N4O. The molecule has 0 bridgehead atoms. The Bertz CT molecular complexity index is 979. The number of amides is 1. The number of rotatable bonds is 3. The normalized spacial score (nSPS) is 11.8. The van der Waals surface area contributed by atoms with Gasteiger partial charge in [0.2, 0.25) is 0 Å². The van der Waals surface area contributed by atoms with Crippen molar-refractivity contribution in [3.05, 3.63) is 63.0 Å². The predicted molar refractivity (Wildman–Crippen MR) is 99.4 cm³/mol. The number of halogens is 2. The van der Waals surface area contributed by atoms with Crippen LogP contribution in [0, 0.1) is 13.8 Å². The average molecular weight is 377 g/mol. The summed E-state index contributed by atoms with van der Waals surface area (Å²) in [6.07, 6.45) is 1.54. The van der Waals surface area contributed by atoms with E-state index in [0.29, 0.717) is 21.3 Å². The smallest absolute Gasteiger partial charge is 0.257 e. The van der Waals surface area contributed by atoms with Crippen molar-refractivity contribution in [1.29, 1.82) is 0 Å². The number of carbonyl (C=O) groups is 1. The third-order valence-corrected chi connectivity index (χ3v) is 4.83. The van der Waals surface area contributed by atoms with Crippen molar-refractivity contribution >= 4 is 34.8 Å². The van der Waals surface area contributed by atoms with Gasteiger partial charge in [0, 0.05) is 11.4 Å². The van der Waals surface area contributed by atoms with Crippen LogP contribution in [0.1, 0.15) is 41.2 Å². The Balaban J connectivity index is 1.95. The topological polar surface area (TPSA) is 59.3 Å². The van der Waals surface area contributed by atoms with Crippen molar-refractivity contribution in [3.8, 4) is 0 Å². The quantitative estimate of drug-likeness (QED) is 0.740. The highest BCUT2D eigenvalue weighted by Gasteiger charge is 2.26. The minimum absolute atomic E-state index is 0.247. The number of hydrogen-bond acceptors (Lipinski definition) is 3. The van der Waals surface area contributed by atoms with Crippen LogP contribution in [0.5, 0.6) is 0 Å². The molecule has 7 heteroatoms. The Morgan fingerprint density at radius 3 is 2.56 bits per heavy atom. The highest BCUT2D eigenvalue weighted by atomic mass is 35.5. The molecule has 0 aliphatic rings. The maximum absolute atomic E-state index is 12.8. The van der Waals surface area contributed by atoms with Crippen molar-refractivity contribution in [2.75, 3.05) is 0 Å². The molecule has 0 saturated carbocycles. The van der Waals surface area contributed by atoms with Crippen LogP contribution in [0.4, 0.5) is 0 Å². The number of hydrogen-bond donors (Lipinski definition) is 1. The Morgan fingerprint density at radius 1 is 1.16 bits per heavy atom. The van der Waals surface area contributed by atoms with E-state index in [2.05, 4.69) is 15.4 Å². The Hall–Kier alpha value is -2.11. The molecule has 0 unspecified atom stereocenters. The molecule has 0 spiro atoms. The molecule has 130 valence electrons. The fourth-order valence-corrected chi connectivity index (χ4v) is 3.04. The molecule has 1 amide bonds. The zero-order chi connectivity index (χ0) is 18.4. The van der Waals surface area contributed by atoms with Crippen molar-refractivity contribution < 1.29 is 4.79 Å². The predicted octanol–water partition coefficient (Wildman–Crippen LogP) is 4.32. The van der Waals surface area contributed by atoms with Gasteiger partial charge in [-0.1, -0.05) is 29.3 Å². The van der Waals surface area contributed by atoms with E-state index in [1.54, 1.807) is 16.6 Å². The van der Waals surface area contributed by atoms with Crippen molar-refractivity contribution in [2.24, 2.45) is 0 Å². The number of nitrogens with zero attached hydrogens (tertiary/aromatic N) is 3. The summed E-state index contributed by atoms with van der Waals surface area (Å²) in [5.41, 5.74) is 2.94. The molecule has 2 aromatic heterocycles. The molecule has 2 heterocycles. The summed E-state index contributed by atoms with van der Waals surface area (Å²) in [6.45, 7) is 7.62. The first kappa shape index (κ1) is 17.7. The lowest BCUT2D eigenvalue weighted by molar-refractivity contribution is 0.0913. The van der Waals surface area contributed by atoms with Crippen LogP contribution in [0.2, 0.25) is 10.0 Å². The second kappa shape index (κ2) is 6.32. The van der Waals surface area contributed by atoms with Gasteiger partial charge < -0.3 is 5.32 Å². The van der Waals surface area contributed by atoms with Crippen molar-refractivity contribution in [1.82, 2.24) is 19.9 Å². The first-order valence-corrected chi connectivity index (χ1v) is 8.54. The number of aryl methyl sites for hydroxylation is 2. The van der Waals surface area contributed by atoms with E-state index >= 15 is 0 Å². The van der Waals surface area contributed by atoms with Crippen LogP contribution in [-0.4, -0.2) is 20.5 Å². The Labute approximate surface area is 156 Å². The number of benzene rings is 1. The van der Waals surface area contributed by atoms with Gasteiger partial charge in [0.25, 0.3) is 5.91 Å². The molecule has 5 nitrogen and oxygen atoms in total. The fraction of sp³-hybridized carbons (Fsp3) is 0.278. The lowest BCUT2D eigenvalue weighted by Crippen LogP contribution is -2.41. The van der Waals surface area contributed by atoms with Crippen molar-refractivity contribution in [2.45, 2.75) is 33.2 Å². The van der Waals surface area contributed by atoms with Gasteiger partial charge >= 0.3 is 0 Å². The number of fused-ring (bicyclic) bond motifs is 1. The summed E-state index contributed by atoms with van der Waals surface area (Å²) in [7, 11) is 0. The lowest BCUT2D eigenvalue weighted by Gasteiger charge is -2.27. The third kappa shape index (κ3) is 3.34. The first-order chi connectivity index (χ1) is 11.7. The second-order valence-corrected chi connectivity index (χ2v) is 7.35. The monoisotopic (exact) mass is 376 g/mol. The van der Waals surface area contributed by atoms with E-state index in [-0.39, 0.29) is 5.91 Å². The lowest BCUT2D eigenvalue weighted by atomic mass is 9.94. The minimum Gasteiger partial charge on any atom is -0.343 e. The second-order valence-electron chi connectivity index (χ2n) is 6.54. The molecule has 25 heavy (non-hydrogen) atoms. The van der Waals surface area contributed by atoms with Crippen LogP contribution in [0.15, 0.2) is 30.5 Å². The first-order valence-electron chi connectivity index (χ1n) is 7.79. The minimum atomic E-state index is -0.640. The molecular weight excluding hydrogens is 359 g/mol. The number of nitrogens with one attached hydrogen (secondary N) is 1. The average Bonchev–Trinajstić information content (AvgIpc) is 2.93. The van der Waals surface area contributed by atoms with Gasteiger partial charge in [0.1, 0.15) is 5.56 Å². The molecule has 0 radical (unpaired) electrons. The molecule has 0 saturated heterocycles. The summed E-state index contributed by atoms with van der Waals surface area (Å²) < 4.78 is 1.66. The van der Waals surface area contributed by atoms with Crippen molar-refractivity contribution in [3.63, 3.8) is 0 Å². The molecule has 3 rings (SSSR count). The Morgan fingerprint density at radius 2 is 1.88 bits per heavy atom. The summed E-state index contributed by atoms with van der Waals surface area (Å²) in [5, 5.41) is 8.21. The van der Waals surface area contributed by atoms with E-state index in [0.717, 1.165) is 17.0 Å². The standard InChI is InChI=1S/C18H18Cl2N4O/c1-10-7-11(2)24-16(22-10)13(9-21-24)17(25)23-18(3,4)12-5-6-14(19)15(20)8-12/h5-9H,1-4H3,(H,23,25). The summed E-state index contributed by atoms with van der Waals surface area (Å²) in [4.78, 5) is 17.3. The molecule has 0 fully saturated rings. The third-order valence-electron chi connectivity index (χ3n) is 4.09. The zero-order valence-corrected chi connectivity index (χ0v) is 15.9. The Kier molecular flexibility index (Phi) is 4.47. The molecule has 1 N–H and O–H groups in total. The molecule has 1 aromatic carbocycles. The van der Waals surface area contributed by atoms with Crippen LogP contribution in [0.25, 0.3) is 5.65 Å². The maximum Gasteiger partial charge on any atom is 0.257 e.